The lowest BCUT2D eigenvalue weighted by Crippen LogP contribution is -2.03. The summed E-state index contributed by atoms with van der Waals surface area (Å²) in [6.07, 6.45) is 4.14. The zero-order valence-corrected chi connectivity index (χ0v) is 8.13. The highest BCUT2D eigenvalue weighted by Gasteiger charge is 2.05. The van der Waals surface area contributed by atoms with E-state index in [0.29, 0.717) is 24.1 Å². The summed E-state index contributed by atoms with van der Waals surface area (Å²) >= 11 is 0. The Hall–Kier alpha value is -1.91. The molecule has 0 spiro atoms. The molecular formula is C10H12N2O3. The molecule has 0 saturated heterocycles. The van der Waals surface area contributed by atoms with E-state index >= 15 is 0 Å². The minimum absolute atomic E-state index is 0.0687. The van der Waals surface area contributed by atoms with Crippen LogP contribution >= 0.6 is 0 Å². The number of carboxylic acid groups (broad SMARTS) is 1. The maximum absolute atomic E-state index is 10.3. The van der Waals surface area contributed by atoms with E-state index in [0.717, 1.165) is 0 Å². The van der Waals surface area contributed by atoms with Crippen LogP contribution in [0.3, 0.4) is 0 Å². The van der Waals surface area contributed by atoms with Crippen molar-refractivity contribution in [1.82, 2.24) is 4.98 Å². The summed E-state index contributed by atoms with van der Waals surface area (Å²) in [7, 11) is 0. The van der Waals surface area contributed by atoms with Gasteiger partial charge in [0, 0.05) is 24.4 Å². The Balaban J connectivity index is 2.55. The molecule has 0 bridgehead atoms. The van der Waals surface area contributed by atoms with Crippen molar-refractivity contribution in [2.45, 2.75) is 19.3 Å². The summed E-state index contributed by atoms with van der Waals surface area (Å²) in [6.45, 7) is 0. The maximum atomic E-state index is 10.3. The molecule has 0 saturated carbocycles. The lowest BCUT2D eigenvalue weighted by Gasteiger charge is -2.02. The quantitative estimate of drug-likeness (QED) is 0.436. The van der Waals surface area contributed by atoms with Crippen LogP contribution in [0.1, 0.15) is 24.8 Å². The summed E-state index contributed by atoms with van der Waals surface area (Å²) in [6, 6.07) is 3.50. The molecule has 80 valence electrons. The van der Waals surface area contributed by atoms with Gasteiger partial charge in [-0.1, -0.05) is 5.16 Å². The predicted octanol–water partition coefficient (Wildman–Crippen LogP) is 1.51. The van der Waals surface area contributed by atoms with Crippen molar-refractivity contribution in [3.8, 4) is 0 Å². The molecule has 5 nitrogen and oxygen atoms in total. The highest BCUT2D eigenvalue weighted by atomic mass is 16.4. The Bertz CT molecular complexity index is 349. The van der Waals surface area contributed by atoms with Crippen molar-refractivity contribution in [2.24, 2.45) is 5.16 Å². The molecule has 0 atom stereocenters. The molecule has 1 aromatic heterocycles. The van der Waals surface area contributed by atoms with Crippen LogP contribution in [0.5, 0.6) is 0 Å². The zero-order chi connectivity index (χ0) is 11.1. The highest BCUT2D eigenvalue weighted by molar-refractivity contribution is 5.99. The molecule has 1 heterocycles. The van der Waals surface area contributed by atoms with Crippen molar-refractivity contribution < 1.29 is 15.1 Å². The molecule has 0 aromatic carbocycles. The highest BCUT2D eigenvalue weighted by Crippen LogP contribution is 2.06. The Morgan fingerprint density at radius 2 is 2.27 bits per heavy atom. The van der Waals surface area contributed by atoms with Crippen molar-refractivity contribution in [1.29, 1.82) is 0 Å². The average Bonchev–Trinajstić information content (AvgIpc) is 2.25. The molecule has 0 fully saturated rings. The van der Waals surface area contributed by atoms with Crippen LogP contribution < -0.4 is 0 Å². The lowest BCUT2D eigenvalue weighted by molar-refractivity contribution is -0.137. The number of rotatable bonds is 5. The lowest BCUT2D eigenvalue weighted by atomic mass is 10.1. The second kappa shape index (κ2) is 5.74. The molecule has 0 aliphatic rings. The number of hydrogen-bond acceptors (Lipinski definition) is 4. The summed E-state index contributed by atoms with van der Waals surface area (Å²) in [4.78, 5) is 14.2. The Kier molecular flexibility index (Phi) is 4.28. The first-order valence-electron chi connectivity index (χ1n) is 4.57. The fraction of sp³-hybridized carbons (Fsp3) is 0.300. The fourth-order valence-electron chi connectivity index (χ4n) is 1.19. The Labute approximate surface area is 87.1 Å². The van der Waals surface area contributed by atoms with Gasteiger partial charge in [-0.15, -0.1) is 0 Å². The standard InChI is InChI=1S/C10H12N2O3/c13-10(14)5-1-4-9(12-15)8-3-2-6-11-7-8/h2-3,6-7,15H,1,4-5H2,(H,13,14)/b12-9-. The smallest absolute Gasteiger partial charge is 0.303 e. The number of nitrogens with zero attached hydrogens (tertiary/aromatic N) is 2. The summed E-state index contributed by atoms with van der Waals surface area (Å²) < 4.78 is 0. The van der Waals surface area contributed by atoms with Crippen LogP contribution in [-0.4, -0.2) is 27.0 Å². The molecular weight excluding hydrogens is 196 g/mol. The number of pyridine rings is 1. The van der Waals surface area contributed by atoms with E-state index in [2.05, 4.69) is 10.1 Å². The monoisotopic (exact) mass is 208 g/mol. The zero-order valence-electron chi connectivity index (χ0n) is 8.13. The molecule has 5 heteroatoms. The van der Waals surface area contributed by atoms with Crippen molar-refractivity contribution in [3.05, 3.63) is 30.1 Å². The molecule has 0 unspecified atom stereocenters. The van der Waals surface area contributed by atoms with Crippen LogP contribution in [0.4, 0.5) is 0 Å². The molecule has 0 radical (unpaired) electrons. The molecule has 0 amide bonds. The van der Waals surface area contributed by atoms with Crippen molar-refractivity contribution >= 4 is 11.7 Å². The van der Waals surface area contributed by atoms with Crippen LogP contribution in [0.25, 0.3) is 0 Å². The Morgan fingerprint density at radius 1 is 1.47 bits per heavy atom. The van der Waals surface area contributed by atoms with Gasteiger partial charge in [0.15, 0.2) is 0 Å². The first-order valence-corrected chi connectivity index (χ1v) is 4.57. The van der Waals surface area contributed by atoms with E-state index in [1.165, 1.54) is 0 Å². The van der Waals surface area contributed by atoms with E-state index in [1.807, 2.05) is 0 Å². The van der Waals surface area contributed by atoms with E-state index in [-0.39, 0.29) is 6.42 Å². The first kappa shape index (κ1) is 11.2. The number of aromatic nitrogens is 1. The molecule has 0 aliphatic heterocycles. The van der Waals surface area contributed by atoms with E-state index < -0.39 is 5.97 Å². The van der Waals surface area contributed by atoms with Crippen LogP contribution in [0.2, 0.25) is 0 Å². The van der Waals surface area contributed by atoms with E-state index in [9.17, 15) is 4.79 Å². The second-order valence-electron chi connectivity index (χ2n) is 3.04. The van der Waals surface area contributed by atoms with Crippen LogP contribution in [0.15, 0.2) is 29.7 Å². The summed E-state index contributed by atoms with van der Waals surface area (Å²) in [5.41, 5.74) is 1.18. The van der Waals surface area contributed by atoms with Gasteiger partial charge in [0.1, 0.15) is 0 Å². The topological polar surface area (TPSA) is 82.8 Å². The Morgan fingerprint density at radius 3 is 2.80 bits per heavy atom. The van der Waals surface area contributed by atoms with Gasteiger partial charge >= 0.3 is 5.97 Å². The third kappa shape index (κ3) is 3.76. The number of aliphatic carboxylic acids is 1. The normalized spacial score (nSPS) is 11.3. The van der Waals surface area contributed by atoms with Crippen molar-refractivity contribution in [3.63, 3.8) is 0 Å². The van der Waals surface area contributed by atoms with Gasteiger partial charge in [-0.3, -0.25) is 9.78 Å². The summed E-state index contributed by atoms with van der Waals surface area (Å²) in [5, 5.41) is 20.4. The first-order chi connectivity index (χ1) is 7.24. The van der Waals surface area contributed by atoms with Gasteiger partial charge in [-0.2, -0.15) is 0 Å². The predicted molar refractivity (Wildman–Crippen MR) is 54.0 cm³/mol. The maximum Gasteiger partial charge on any atom is 0.303 e. The van der Waals surface area contributed by atoms with Gasteiger partial charge in [-0.25, -0.2) is 0 Å². The average molecular weight is 208 g/mol. The molecule has 1 aromatic rings. The van der Waals surface area contributed by atoms with Crippen LogP contribution in [0, 0.1) is 0 Å². The third-order valence-corrected chi connectivity index (χ3v) is 1.92. The molecule has 2 N–H and O–H groups in total. The number of oxime groups is 1. The minimum Gasteiger partial charge on any atom is -0.481 e. The van der Waals surface area contributed by atoms with E-state index in [1.54, 1.807) is 24.5 Å². The number of carboxylic acids is 1. The van der Waals surface area contributed by atoms with Gasteiger partial charge < -0.3 is 10.3 Å². The van der Waals surface area contributed by atoms with Gasteiger partial charge in [0.25, 0.3) is 0 Å². The summed E-state index contributed by atoms with van der Waals surface area (Å²) in [5.74, 6) is -0.849. The molecule has 15 heavy (non-hydrogen) atoms. The number of carbonyl (C=O) groups is 1. The minimum atomic E-state index is -0.849. The van der Waals surface area contributed by atoms with Gasteiger partial charge in [0.2, 0.25) is 0 Å². The largest absolute Gasteiger partial charge is 0.481 e. The SMILES string of the molecule is O=C(O)CCC/C(=N/O)c1cccnc1. The second-order valence-corrected chi connectivity index (χ2v) is 3.04. The fourth-order valence-corrected chi connectivity index (χ4v) is 1.19. The number of hydrogen-bond donors (Lipinski definition) is 2. The van der Waals surface area contributed by atoms with Crippen LogP contribution in [-0.2, 0) is 4.79 Å². The van der Waals surface area contributed by atoms with Gasteiger partial charge in [-0.05, 0) is 25.0 Å². The van der Waals surface area contributed by atoms with Crippen molar-refractivity contribution in [2.75, 3.05) is 0 Å². The van der Waals surface area contributed by atoms with E-state index in [4.69, 9.17) is 10.3 Å². The molecule has 0 aliphatic carbocycles. The van der Waals surface area contributed by atoms with Gasteiger partial charge in [0.05, 0.1) is 5.71 Å². The third-order valence-electron chi connectivity index (χ3n) is 1.92. The molecule has 1 rings (SSSR count).